The van der Waals surface area contributed by atoms with E-state index in [0.29, 0.717) is 12.3 Å². The largest absolute Gasteiger partial charge is 0.467 e. The predicted octanol–water partition coefficient (Wildman–Crippen LogP) is 2.31. The Morgan fingerprint density at radius 3 is 2.71 bits per heavy atom. The van der Waals surface area contributed by atoms with Crippen LogP contribution in [0.5, 0.6) is 0 Å². The molecule has 0 bridgehead atoms. The number of hydrogen-bond donors (Lipinski definition) is 1. The zero-order valence-electron chi connectivity index (χ0n) is 15.0. The van der Waals surface area contributed by atoms with E-state index in [0.717, 1.165) is 12.8 Å². The average molecular weight is 332 g/mol. The van der Waals surface area contributed by atoms with Gasteiger partial charge in [-0.1, -0.05) is 38.1 Å². The number of rotatable bonds is 7. The van der Waals surface area contributed by atoms with Crippen LogP contribution in [0, 0.1) is 5.92 Å². The standard InChI is InChI=1S/C19H28N2O3/c1-13(2)11-16(19(23)24-4)20-18(22)12-21(3)17-10-9-14-7-5-6-8-15(14)17/h5-8,13,16-17H,9-12H2,1-4H3,(H,20,22)/t16-,17+/m0/s1. The maximum atomic E-state index is 12.4. The van der Waals surface area contributed by atoms with Crippen molar-refractivity contribution >= 4 is 11.9 Å². The van der Waals surface area contributed by atoms with Gasteiger partial charge in [-0.3, -0.25) is 9.69 Å². The lowest BCUT2D eigenvalue weighted by molar-refractivity contribution is -0.145. The lowest BCUT2D eigenvalue weighted by atomic mass is 10.0. The van der Waals surface area contributed by atoms with Crippen molar-refractivity contribution in [3.63, 3.8) is 0 Å². The number of amides is 1. The minimum absolute atomic E-state index is 0.141. The molecule has 0 aliphatic heterocycles. The first kappa shape index (κ1) is 18.5. The molecular weight excluding hydrogens is 304 g/mol. The minimum Gasteiger partial charge on any atom is -0.467 e. The fraction of sp³-hybridized carbons (Fsp3) is 0.579. The van der Waals surface area contributed by atoms with E-state index in [4.69, 9.17) is 4.74 Å². The second-order valence-corrected chi connectivity index (χ2v) is 6.94. The molecule has 2 atom stereocenters. The predicted molar refractivity (Wildman–Crippen MR) is 93.5 cm³/mol. The number of aryl methyl sites for hydroxylation is 1. The highest BCUT2D eigenvalue weighted by Gasteiger charge is 2.28. The number of fused-ring (bicyclic) bond motifs is 1. The van der Waals surface area contributed by atoms with Gasteiger partial charge in [-0.2, -0.15) is 0 Å². The van der Waals surface area contributed by atoms with Crippen LogP contribution in [0.25, 0.3) is 0 Å². The third-order valence-corrected chi connectivity index (χ3v) is 4.55. The number of methoxy groups -OCH3 is 1. The van der Waals surface area contributed by atoms with Gasteiger partial charge in [0.2, 0.25) is 5.91 Å². The number of nitrogens with zero attached hydrogens (tertiary/aromatic N) is 1. The SMILES string of the molecule is COC(=O)[C@H](CC(C)C)NC(=O)CN(C)[C@@H]1CCc2ccccc21. The Balaban J connectivity index is 1.95. The van der Waals surface area contributed by atoms with Crippen LogP contribution in [0.3, 0.4) is 0 Å². The van der Waals surface area contributed by atoms with E-state index in [1.54, 1.807) is 0 Å². The number of likely N-dealkylation sites (N-methyl/N-ethyl adjacent to an activating group) is 1. The Morgan fingerprint density at radius 1 is 1.33 bits per heavy atom. The van der Waals surface area contributed by atoms with E-state index in [1.165, 1.54) is 18.2 Å². The van der Waals surface area contributed by atoms with Crippen LogP contribution in [0.1, 0.15) is 43.9 Å². The van der Waals surface area contributed by atoms with Crippen molar-refractivity contribution in [1.29, 1.82) is 0 Å². The summed E-state index contributed by atoms with van der Waals surface area (Å²) in [6.45, 7) is 4.30. The molecule has 0 saturated carbocycles. The van der Waals surface area contributed by atoms with Gasteiger partial charge in [-0.05, 0) is 43.4 Å². The highest BCUT2D eigenvalue weighted by atomic mass is 16.5. The average Bonchev–Trinajstić information content (AvgIpc) is 2.97. The fourth-order valence-corrected chi connectivity index (χ4v) is 3.40. The summed E-state index contributed by atoms with van der Waals surface area (Å²) in [6.07, 6.45) is 2.65. The number of esters is 1. The Labute approximate surface area is 144 Å². The van der Waals surface area contributed by atoms with Gasteiger partial charge in [0.25, 0.3) is 0 Å². The molecule has 0 spiro atoms. The summed E-state index contributed by atoms with van der Waals surface area (Å²) in [4.78, 5) is 26.3. The second-order valence-electron chi connectivity index (χ2n) is 6.94. The first-order chi connectivity index (χ1) is 11.4. The van der Waals surface area contributed by atoms with Gasteiger partial charge in [0, 0.05) is 6.04 Å². The zero-order valence-corrected chi connectivity index (χ0v) is 15.0. The van der Waals surface area contributed by atoms with Crippen LogP contribution in [0.15, 0.2) is 24.3 Å². The van der Waals surface area contributed by atoms with E-state index in [-0.39, 0.29) is 24.5 Å². The van der Waals surface area contributed by atoms with E-state index in [2.05, 4.69) is 28.4 Å². The Bertz CT molecular complexity index is 586. The highest BCUT2D eigenvalue weighted by Crippen LogP contribution is 2.34. The van der Waals surface area contributed by atoms with Gasteiger partial charge < -0.3 is 10.1 Å². The van der Waals surface area contributed by atoms with Crippen LogP contribution in [0.4, 0.5) is 0 Å². The maximum absolute atomic E-state index is 12.4. The lowest BCUT2D eigenvalue weighted by Crippen LogP contribution is -2.46. The molecule has 1 aliphatic carbocycles. The van der Waals surface area contributed by atoms with Gasteiger partial charge in [0.15, 0.2) is 0 Å². The van der Waals surface area contributed by atoms with E-state index < -0.39 is 6.04 Å². The maximum Gasteiger partial charge on any atom is 0.328 e. The molecule has 0 heterocycles. The Hall–Kier alpha value is -1.88. The van der Waals surface area contributed by atoms with Gasteiger partial charge in [0.1, 0.15) is 6.04 Å². The quantitative estimate of drug-likeness (QED) is 0.779. The topological polar surface area (TPSA) is 58.6 Å². The molecule has 5 nitrogen and oxygen atoms in total. The number of nitrogens with one attached hydrogen (secondary N) is 1. The molecule has 0 fully saturated rings. The molecule has 0 aromatic heterocycles. The van der Waals surface area contributed by atoms with Crippen LogP contribution < -0.4 is 5.32 Å². The molecule has 1 N–H and O–H groups in total. The molecule has 5 heteroatoms. The van der Waals surface area contributed by atoms with Crippen LogP contribution in [-0.2, 0) is 20.7 Å². The van der Waals surface area contributed by atoms with Crippen molar-refractivity contribution in [2.24, 2.45) is 5.92 Å². The summed E-state index contributed by atoms with van der Waals surface area (Å²) in [5.74, 6) is -0.224. The van der Waals surface area contributed by atoms with Crippen molar-refractivity contribution in [2.45, 2.75) is 45.2 Å². The minimum atomic E-state index is -0.577. The second kappa shape index (κ2) is 8.29. The van der Waals surface area contributed by atoms with Crippen molar-refractivity contribution in [1.82, 2.24) is 10.2 Å². The molecule has 132 valence electrons. The monoisotopic (exact) mass is 332 g/mol. The van der Waals surface area contributed by atoms with Crippen LogP contribution in [0.2, 0.25) is 0 Å². The molecule has 24 heavy (non-hydrogen) atoms. The highest BCUT2D eigenvalue weighted by molar-refractivity contribution is 5.85. The normalized spacial score (nSPS) is 17.7. The molecule has 2 rings (SSSR count). The van der Waals surface area contributed by atoms with Crippen molar-refractivity contribution in [3.8, 4) is 0 Å². The summed E-state index contributed by atoms with van der Waals surface area (Å²) in [6, 6.07) is 8.07. The number of ether oxygens (including phenoxy) is 1. The lowest BCUT2D eigenvalue weighted by Gasteiger charge is -2.26. The summed E-state index contributed by atoms with van der Waals surface area (Å²) >= 11 is 0. The van der Waals surface area contributed by atoms with E-state index in [9.17, 15) is 9.59 Å². The molecule has 0 unspecified atom stereocenters. The number of carbonyl (C=O) groups excluding carboxylic acids is 2. The zero-order chi connectivity index (χ0) is 17.7. The number of hydrogen-bond acceptors (Lipinski definition) is 4. The molecule has 1 aliphatic rings. The van der Waals surface area contributed by atoms with Crippen molar-refractivity contribution in [3.05, 3.63) is 35.4 Å². The smallest absolute Gasteiger partial charge is 0.328 e. The van der Waals surface area contributed by atoms with Crippen molar-refractivity contribution in [2.75, 3.05) is 20.7 Å². The van der Waals surface area contributed by atoms with Gasteiger partial charge >= 0.3 is 5.97 Å². The summed E-state index contributed by atoms with van der Waals surface area (Å²) in [5.41, 5.74) is 2.67. The van der Waals surface area contributed by atoms with Crippen LogP contribution >= 0.6 is 0 Å². The molecule has 1 aromatic carbocycles. The first-order valence-corrected chi connectivity index (χ1v) is 8.57. The van der Waals surface area contributed by atoms with Crippen molar-refractivity contribution < 1.29 is 14.3 Å². The molecule has 0 radical (unpaired) electrons. The fourth-order valence-electron chi connectivity index (χ4n) is 3.40. The molecule has 1 aromatic rings. The van der Waals surface area contributed by atoms with Gasteiger partial charge in [-0.15, -0.1) is 0 Å². The number of carbonyl (C=O) groups is 2. The molecule has 1 amide bonds. The summed E-state index contributed by atoms with van der Waals surface area (Å²) < 4.78 is 4.80. The third-order valence-electron chi connectivity index (χ3n) is 4.55. The van der Waals surface area contributed by atoms with E-state index >= 15 is 0 Å². The van der Waals surface area contributed by atoms with Gasteiger partial charge in [0.05, 0.1) is 13.7 Å². The third kappa shape index (κ3) is 4.57. The number of benzene rings is 1. The molecular formula is C19H28N2O3. The van der Waals surface area contributed by atoms with E-state index in [1.807, 2.05) is 27.0 Å². The first-order valence-electron chi connectivity index (χ1n) is 8.57. The molecule has 0 saturated heterocycles. The summed E-state index contributed by atoms with van der Waals surface area (Å²) in [7, 11) is 3.31. The Kier molecular flexibility index (Phi) is 6.37. The Morgan fingerprint density at radius 2 is 2.04 bits per heavy atom. The van der Waals surface area contributed by atoms with Gasteiger partial charge in [-0.25, -0.2) is 4.79 Å². The van der Waals surface area contributed by atoms with Crippen LogP contribution in [-0.4, -0.2) is 43.5 Å². The summed E-state index contributed by atoms with van der Waals surface area (Å²) in [5, 5.41) is 2.82.